The van der Waals surface area contributed by atoms with E-state index in [1.165, 1.54) is 0 Å². The number of carbonyl (C=O) groups is 5. The summed E-state index contributed by atoms with van der Waals surface area (Å²) in [5.74, 6) is -2.97. The number of nitrogens with one attached hydrogen (secondary N) is 2. The molecule has 234 valence electrons. The van der Waals surface area contributed by atoms with Crippen LogP contribution in [0.2, 0.25) is 5.02 Å². The lowest BCUT2D eigenvalue weighted by molar-refractivity contribution is -0.139. The third-order valence-electron chi connectivity index (χ3n) is 8.37. The van der Waals surface area contributed by atoms with E-state index in [2.05, 4.69) is 10.6 Å². The van der Waals surface area contributed by atoms with Crippen LogP contribution in [0.3, 0.4) is 0 Å². The highest BCUT2D eigenvalue weighted by molar-refractivity contribution is 6.31. The monoisotopic (exact) mass is 639 g/mol. The molecule has 0 radical (unpaired) electrons. The molecule has 3 N–H and O–H groups in total. The second kappa shape index (κ2) is 13.0. The van der Waals surface area contributed by atoms with Crippen LogP contribution in [-0.4, -0.2) is 65.5 Å². The van der Waals surface area contributed by atoms with Crippen molar-refractivity contribution in [2.24, 2.45) is 0 Å². The van der Waals surface area contributed by atoms with Gasteiger partial charge in [0.1, 0.15) is 19.2 Å². The van der Waals surface area contributed by atoms with Crippen molar-refractivity contribution in [3.8, 4) is 11.1 Å². The number of ether oxygens (including phenoxy) is 1. The number of carboxylic acids is 1. The first-order valence-electron chi connectivity index (χ1n) is 14.9. The third kappa shape index (κ3) is 6.16. The van der Waals surface area contributed by atoms with Gasteiger partial charge in [0.25, 0.3) is 11.8 Å². The maximum Gasteiger partial charge on any atom is 0.407 e. The quantitative estimate of drug-likeness (QED) is 0.148. The second-order valence-electron chi connectivity index (χ2n) is 11.3. The number of rotatable bonds is 11. The SMILES string of the molecule is O=C(CN1C(=O)c2cc3ccc(Cl)cc3cc2C1=O)NCCCC[C@H](NC(=O)OCC1c2ccccc2-c2ccccc21)C(=O)O. The number of benzene rings is 4. The van der Waals surface area contributed by atoms with E-state index in [1.807, 2.05) is 48.5 Å². The van der Waals surface area contributed by atoms with E-state index in [0.29, 0.717) is 23.3 Å². The number of fused-ring (bicyclic) bond motifs is 5. The Morgan fingerprint density at radius 2 is 1.46 bits per heavy atom. The number of alkyl carbamates (subject to hydrolysis) is 1. The number of halogens is 1. The molecular formula is C35H30ClN3O7. The minimum absolute atomic E-state index is 0.0656. The molecule has 0 saturated carbocycles. The Kier molecular flexibility index (Phi) is 8.72. The summed E-state index contributed by atoms with van der Waals surface area (Å²) in [6, 6.07) is 23.0. The number of nitrogens with zero attached hydrogens (tertiary/aromatic N) is 1. The summed E-state index contributed by atoms with van der Waals surface area (Å²) in [6.45, 7) is -0.178. The van der Waals surface area contributed by atoms with Gasteiger partial charge in [-0.2, -0.15) is 0 Å². The molecule has 1 aliphatic heterocycles. The van der Waals surface area contributed by atoms with Crippen LogP contribution in [0.25, 0.3) is 21.9 Å². The van der Waals surface area contributed by atoms with Gasteiger partial charge >= 0.3 is 12.1 Å². The van der Waals surface area contributed by atoms with Crippen LogP contribution in [0.1, 0.15) is 57.0 Å². The van der Waals surface area contributed by atoms with E-state index in [1.54, 1.807) is 30.3 Å². The second-order valence-corrected chi connectivity index (χ2v) is 11.7. The Morgan fingerprint density at radius 1 is 0.826 bits per heavy atom. The molecule has 0 aromatic heterocycles. The van der Waals surface area contributed by atoms with Crippen LogP contribution >= 0.6 is 11.6 Å². The first kappa shape index (κ1) is 30.8. The van der Waals surface area contributed by atoms with Crippen molar-refractivity contribution < 1.29 is 33.8 Å². The Balaban J connectivity index is 0.945. The first-order chi connectivity index (χ1) is 22.2. The molecule has 4 amide bonds. The van der Waals surface area contributed by atoms with Crippen molar-refractivity contribution in [2.75, 3.05) is 19.7 Å². The number of hydrogen-bond acceptors (Lipinski definition) is 6. The van der Waals surface area contributed by atoms with Gasteiger partial charge in [0.05, 0.1) is 11.1 Å². The van der Waals surface area contributed by atoms with Crippen LogP contribution in [0.4, 0.5) is 4.79 Å². The lowest BCUT2D eigenvalue weighted by Gasteiger charge is -2.17. The molecule has 0 spiro atoms. The molecule has 4 aromatic rings. The molecule has 0 unspecified atom stereocenters. The summed E-state index contributed by atoms with van der Waals surface area (Å²) in [5.41, 5.74) is 4.73. The molecule has 1 heterocycles. The number of aliphatic carboxylic acids is 1. The van der Waals surface area contributed by atoms with Gasteiger partial charge in [-0.05, 0) is 76.6 Å². The molecule has 1 atom stereocenters. The number of imide groups is 1. The minimum atomic E-state index is -1.20. The summed E-state index contributed by atoms with van der Waals surface area (Å²) in [6.07, 6.45) is 0.0874. The predicted molar refractivity (Wildman–Crippen MR) is 171 cm³/mol. The van der Waals surface area contributed by atoms with Crippen molar-refractivity contribution in [3.05, 3.63) is 106 Å². The molecule has 6 rings (SSSR count). The maximum absolute atomic E-state index is 12.9. The van der Waals surface area contributed by atoms with Gasteiger partial charge < -0.3 is 20.5 Å². The van der Waals surface area contributed by atoms with Crippen LogP contribution in [0.5, 0.6) is 0 Å². The molecule has 1 aliphatic carbocycles. The summed E-state index contributed by atoms with van der Waals surface area (Å²) < 4.78 is 5.47. The number of unbranched alkanes of at least 4 members (excludes halogenated alkanes) is 1. The smallest absolute Gasteiger partial charge is 0.407 e. The van der Waals surface area contributed by atoms with Crippen molar-refractivity contribution >= 4 is 52.2 Å². The van der Waals surface area contributed by atoms with Crippen LogP contribution in [-0.2, 0) is 14.3 Å². The summed E-state index contributed by atoms with van der Waals surface area (Å²) >= 11 is 6.05. The van der Waals surface area contributed by atoms with E-state index in [-0.39, 0.29) is 36.6 Å². The lowest BCUT2D eigenvalue weighted by atomic mass is 9.98. The van der Waals surface area contributed by atoms with Crippen LogP contribution in [0, 0.1) is 0 Å². The molecule has 0 fully saturated rings. The molecule has 0 bridgehead atoms. The normalized spacial score (nSPS) is 14.1. The van der Waals surface area contributed by atoms with Gasteiger partial charge in [-0.25, -0.2) is 9.59 Å². The van der Waals surface area contributed by atoms with E-state index in [0.717, 1.165) is 32.5 Å². The van der Waals surface area contributed by atoms with Crippen LogP contribution < -0.4 is 10.6 Å². The summed E-state index contributed by atoms with van der Waals surface area (Å²) in [7, 11) is 0. The van der Waals surface area contributed by atoms with Crippen molar-refractivity contribution in [1.82, 2.24) is 15.5 Å². The predicted octanol–water partition coefficient (Wildman–Crippen LogP) is 5.37. The summed E-state index contributed by atoms with van der Waals surface area (Å²) in [5, 5.41) is 16.7. The zero-order valence-electron chi connectivity index (χ0n) is 24.6. The van der Waals surface area contributed by atoms with Gasteiger partial charge in [-0.3, -0.25) is 19.3 Å². The first-order valence-corrected chi connectivity index (χ1v) is 15.3. The Morgan fingerprint density at radius 3 is 2.11 bits per heavy atom. The average Bonchev–Trinajstić information content (AvgIpc) is 3.48. The molecule has 10 nitrogen and oxygen atoms in total. The number of carboxylic acid groups (broad SMARTS) is 1. The molecule has 11 heteroatoms. The maximum atomic E-state index is 12.9. The molecule has 0 saturated heterocycles. The van der Waals surface area contributed by atoms with Crippen LogP contribution in [0.15, 0.2) is 78.9 Å². The lowest BCUT2D eigenvalue weighted by Crippen LogP contribution is -2.42. The topological polar surface area (TPSA) is 142 Å². The number of amides is 4. The van der Waals surface area contributed by atoms with Crippen molar-refractivity contribution in [3.63, 3.8) is 0 Å². The standard InChI is InChI=1S/C35H30ClN3O7/c36-22-13-12-20-16-27-28(17-21(20)15-22)33(42)39(32(27)41)18-31(40)37-14-6-5-11-30(34(43)44)38-35(45)46-19-29-25-9-3-1-7-23(25)24-8-2-4-10-26(24)29/h1-4,7-10,12-13,15-17,29-30H,5-6,11,14,18-19H2,(H,37,40)(H,38,45)(H,43,44)/t30-/m0/s1. The van der Waals surface area contributed by atoms with E-state index in [4.69, 9.17) is 16.3 Å². The van der Waals surface area contributed by atoms with E-state index >= 15 is 0 Å². The largest absolute Gasteiger partial charge is 0.480 e. The fourth-order valence-corrected chi connectivity index (χ4v) is 6.27. The zero-order valence-corrected chi connectivity index (χ0v) is 25.4. The van der Waals surface area contributed by atoms with Crippen molar-refractivity contribution in [2.45, 2.75) is 31.2 Å². The number of hydrogen-bond donors (Lipinski definition) is 3. The van der Waals surface area contributed by atoms with E-state index in [9.17, 15) is 29.1 Å². The molecule has 46 heavy (non-hydrogen) atoms. The van der Waals surface area contributed by atoms with E-state index < -0.39 is 42.4 Å². The highest BCUT2D eigenvalue weighted by atomic mass is 35.5. The number of carbonyl (C=O) groups excluding carboxylic acids is 4. The summed E-state index contributed by atoms with van der Waals surface area (Å²) in [4.78, 5) is 63.6. The average molecular weight is 640 g/mol. The minimum Gasteiger partial charge on any atom is -0.480 e. The Hall–Kier alpha value is -5.22. The van der Waals surface area contributed by atoms with Gasteiger partial charge in [-0.1, -0.05) is 66.2 Å². The van der Waals surface area contributed by atoms with Gasteiger partial charge in [-0.15, -0.1) is 0 Å². The van der Waals surface area contributed by atoms with Gasteiger partial charge in [0.15, 0.2) is 0 Å². The Labute approximate surface area is 269 Å². The van der Waals surface area contributed by atoms with Crippen molar-refractivity contribution in [1.29, 1.82) is 0 Å². The van der Waals surface area contributed by atoms with Gasteiger partial charge in [0.2, 0.25) is 5.91 Å². The highest BCUT2D eigenvalue weighted by Crippen LogP contribution is 2.44. The Bertz CT molecular complexity index is 1850. The van der Waals surface area contributed by atoms with Gasteiger partial charge in [0, 0.05) is 17.5 Å². The molecular weight excluding hydrogens is 610 g/mol. The fourth-order valence-electron chi connectivity index (χ4n) is 6.09. The highest BCUT2D eigenvalue weighted by Gasteiger charge is 2.37. The zero-order chi connectivity index (χ0) is 32.4. The molecule has 2 aliphatic rings. The third-order valence-corrected chi connectivity index (χ3v) is 8.60. The fraction of sp³-hybridized carbons (Fsp3) is 0.229. The molecule has 4 aromatic carbocycles.